The Balaban J connectivity index is 1.61. The number of nitrogen functional groups attached to an aromatic ring is 1. The number of rotatable bonds is 5. The second-order valence-electron chi connectivity index (χ2n) is 7.17. The van der Waals surface area contributed by atoms with Gasteiger partial charge in [0.05, 0.1) is 5.69 Å². The van der Waals surface area contributed by atoms with Crippen LogP contribution in [0.2, 0.25) is 0 Å². The molecule has 2 aromatic carbocycles. The Labute approximate surface area is 187 Å². The quantitative estimate of drug-likeness (QED) is 0.337. The van der Waals surface area contributed by atoms with Crippen molar-refractivity contribution in [3.05, 3.63) is 71.7 Å². The largest absolute Gasteiger partial charge is 0.399 e. The summed E-state index contributed by atoms with van der Waals surface area (Å²) in [5.41, 5.74) is 11.3. The van der Waals surface area contributed by atoms with Gasteiger partial charge in [-0.25, -0.2) is 15.0 Å². The molecule has 0 spiro atoms. The molecule has 0 aliphatic heterocycles. The SMILES string of the molecule is CC(=O)Nc1ccc(Nc2nc(-c3cccc(N)c3)nc3c2ncn3-c2ccsc2)cc1. The molecule has 8 nitrogen and oxygen atoms in total. The molecular weight excluding hydrogens is 422 g/mol. The zero-order valence-electron chi connectivity index (χ0n) is 17.1. The first kappa shape index (κ1) is 19.7. The molecular formula is C23H19N7OS. The van der Waals surface area contributed by atoms with Crippen LogP contribution < -0.4 is 16.4 Å². The minimum atomic E-state index is -0.117. The summed E-state index contributed by atoms with van der Waals surface area (Å²) in [5, 5.41) is 10.2. The van der Waals surface area contributed by atoms with Crippen LogP contribution in [-0.4, -0.2) is 25.4 Å². The lowest BCUT2D eigenvalue weighted by Crippen LogP contribution is -2.05. The first-order valence-corrected chi connectivity index (χ1v) is 10.8. The average molecular weight is 442 g/mol. The first-order chi connectivity index (χ1) is 15.6. The number of hydrogen-bond donors (Lipinski definition) is 3. The van der Waals surface area contributed by atoms with Crippen molar-refractivity contribution in [1.82, 2.24) is 19.5 Å². The van der Waals surface area contributed by atoms with E-state index in [0.29, 0.717) is 28.5 Å². The molecule has 0 saturated carbocycles. The Bertz CT molecular complexity index is 1410. The fourth-order valence-electron chi connectivity index (χ4n) is 3.35. The van der Waals surface area contributed by atoms with Gasteiger partial charge in [-0.2, -0.15) is 11.3 Å². The van der Waals surface area contributed by atoms with Crippen LogP contribution in [0.25, 0.3) is 28.2 Å². The van der Waals surface area contributed by atoms with E-state index >= 15 is 0 Å². The Kier molecular flexibility index (Phi) is 5.00. The first-order valence-electron chi connectivity index (χ1n) is 9.85. The molecule has 9 heteroatoms. The summed E-state index contributed by atoms with van der Waals surface area (Å²) in [6.07, 6.45) is 1.75. The van der Waals surface area contributed by atoms with Gasteiger partial charge in [0.2, 0.25) is 5.91 Å². The summed E-state index contributed by atoms with van der Waals surface area (Å²) >= 11 is 1.61. The topological polar surface area (TPSA) is 111 Å². The lowest BCUT2D eigenvalue weighted by atomic mass is 10.2. The van der Waals surface area contributed by atoms with Crippen molar-refractivity contribution in [2.75, 3.05) is 16.4 Å². The zero-order valence-corrected chi connectivity index (χ0v) is 17.9. The van der Waals surface area contributed by atoms with Crippen LogP contribution in [0, 0.1) is 0 Å². The van der Waals surface area contributed by atoms with E-state index < -0.39 is 0 Å². The van der Waals surface area contributed by atoms with Crippen molar-refractivity contribution in [2.24, 2.45) is 0 Å². The van der Waals surface area contributed by atoms with Crippen LogP contribution in [0.15, 0.2) is 71.7 Å². The lowest BCUT2D eigenvalue weighted by molar-refractivity contribution is -0.114. The van der Waals surface area contributed by atoms with Crippen LogP contribution in [0.3, 0.4) is 0 Å². The summed E-state index contributed by atoms with van der Waals surface area (Å²) in [5.74, 6) is 1.00. The fraction of sp³-hybridized carbons (Fsp3) is 0.0435. The second-order valence-corrected chi connectivity index (χ2v) is 7.95. The summed E-state index contributed by atoms with van der Waals surface area (Å²) in [6, 6.07) is 16.9. The standard InChI is InChI=1S/C23H19N7OS/c1-14(31)26-17-5-7-18(8-6-17)27-22-20-23(30(13-25-20)19-9-10-32-12-19)29-21(28-22)15-3-2-4-16(24)11-15/h2-13H,24H2,1H3,(H,26,31)(H,27,28,29). The number of anilines is 4. The van der Waals surface area contributed by atoms with Crippen molar-refractivity contribution in [3.63, 3.8) is 0 Å². The van der Waals surface area contributed by atoms with Crippen LogP contribution in [0.4, 0.5) is 22.9 Å². The smallest absolute Gasteiger partial charge is 0.221 e. The molecule has 3 heterocycles. The number of hydrogen-bond acceptors (Lipinski definition) is 7. The minimum absolute atomic E-state index is 0.117. The molecule has 5 aromatic rings. The molecule has 0 bridgehead atoms. The predicted molar refractivity (Wildman–Crippen MR) is 128 cm³/mol. The van der Waals surface area contributed by atoms with E-state index in [-0.39, 0.29) is 5.91 Å². The Morgan fingerprint density at radius 1 is 1.06 bits per heavy atom. The van der Waals surface area contributed by atoms with Gasteiger partial charge in [-0.05, 0) is 47.8 Å². The van der Waals surface area contributed by atoms with Gasteiger partial charge in [-0.1, -0.05) is 12.1 Å². The van der Waals surface area contributed by atoms with Gasteiger partial charge in [-0.3, -0.25) is 9.36 Å². The molecule has 0 unspecified atom stereocenters. The molecule has 5 rings (SSSR count). The van der Waals surface area contributed by atoms with Gasteiger partial charge in [0.15, 0.2) is 22.8 Å². The van der Waals surface area contributed by atoms with Gasteiger partial charge in [-0.15, -0.1) is 0 Å². The molecule has 3 aromatic heterocycles. The molecule has 0 aliphatic rings. The lowest BCUT2D eigenvalue weighted by Gasteiger charge is -2.11. The number of nitrogens with one attached hydrogen (secondary N) is 2. The van der Waals surface area contributed by atoms with Gasteiger partial charge in [0, 0.05) is 34.9 Å². The minimum Gasteiger partial charge on any atom is -0.399 e. The number of carbonyl (C=O) groups is 1. The third-order valence-electron chi connectivity index (χ3n) is 4.79. The van der Waals surface area contributed by atoms with Crippen LogP contribution in [0.5, 0.6) is 0 Å². The van der Waals surface area contributed by atoms with E-state index in [0.717, 1.165) is 22.6 Å². The summed E-state index contributed by atoms with van der Waals surface area (Å²) in [4.78, 5) is 25.4. The van der Waals surface area contributed by atoms with E-state index in [1.54, 1.807) is 17.7 Å². The highest BCUT2D eigenvalue weighted by Crippen LogP contribution is 2.29. The molecule has 4 N–H and O–H groups in total. The number of fused-ring (bicyclic) bond motifs is 1. The molecule has 0 radical (unpaired) electrons. The number of nitrogens with zero attached hydrogens (tertiary/aromatic N) is 4. The van der Waals surface area contributed by atoms with Crippen molar-refractivity contribution >= 4 is 51.3 Å². The third kappa shape index (κ3) is 3.88. The van der Waals surface area contributed by atoms with E-state index in [9.17, 15) is 4.79 Å². The predicted octanol–water partition coefficient (Wildman–Crippen LogP) is 4.83. The van der Waals surface area contributed by atoms with Crippen LogP contribution in [-0.2, 0) is 4.79 Å². The van der Waals surface area contributed by atoms with Crippen molar-refractivity contribution in [1.29, 1.82) is 0 Å². The average Bonchev–Trinajstić information content (AvgIpc) is 3.44. The third-order valence-corrected chi connectivity index (χ3v) is 5.46. The zero-order chi connectivity index (χ0) is 22.1. The normalized spacial score (nSPS) is 10.9. The summed E-state index contributed by atoms with van der Waals surface area (Å²) in [7, 11) is 0. The van der Waals surface area contributed by atoms with Gasteiger partial charge >= 0.3 is 0 Å². The molecule has 32 heavy (non-hydrogen) atoms. The number of benzene rings is 2. The monoisotopic (exact) mass is 441 g/mol. The number of imidazole rings is 1. The Morgan fingerprint density at radius 3 is 2.59 bits per heavy atom. The van der Waals surface area contributed by atoms with E-state index in [4.69, 9.17) is 15.7 Å². The maximum absolute atomic E-state index is 11.3. The van der Waals surface area contributed by atoms with Gasteiger partial charge < -0.3 is 16.4 Å². The van der Waals surface area contributed by atoms with Crippen LogP contribution >= 0.6 is 11.3 Å². The highest BCUT2D eigenvalue weighted by Gasteiger charge is 2.16. The number of aromatic nitrogens is 4. The highest BCUT2D eigenvalue weighted by molar-refractivity contribution is 7.08. The van der Waals surface area contributed by atoms with Gasteiger partial charge in [0.25, 0.3) is 0 Å². The van der Waals surface area contributed by atoms with E-state index in [2.05, 4.69) is 15.6 Å². The fourth-order valence-corrected chi connectivity index (χ4v) is 3.98. The van der Waals surface area contributed by atoms with Crippen molar-refractivity contribution in [2.45, 2.75) is 6.92 Å². The molecule has 0 aliphatic carbocycles. The molecule has 0 saturated heterocycles. The molecule has 158 valence electrons. The summed E-state index contributed by atoms with van der Waals surface area (Å²) < 4.78 is 1.94. The number of amides is 1. The molecule has 0 fully saturated rings. The second kappa shape index (κ2) is 8.12. The van der Waals surface area contributed by atoms with E-state index in [1.807, 2.05) is 69.9 Å². The maximum Gasteiger partial charge on any atom is 0.221 e. The van der Waals surface area contributed by atoms with Crippen molar-refractivity contribution in [3.8, 4) is 17.1 Å². The number of nitrogens with two attached hydrogens (primary N) is 1. The molecule has 1 amide bonds. The Morgan fingerprint density at radius 2 is 1.88 bits per heavy atom. The van der Waals surface area contributed by atoms with Crippen LogP contribution in [0.1, 0.15) is 6.92 Å². The number of carbonyl (C=O) groups excluding carboxylic acids is 1. The number of thiophene rings is 1. The Hall–Kier alpha value is -4.24. The maximum atomic E-state index is 11.3. The van der Waals surface area contributed by atoms with Crippen molar-refractivity contribution < 1.29 is 4.79 Å². The molecule has 0 atom stereocenters. The van der Waals surface area contributed by atoms with Gasteiger partial charge in [0.1, 0.15) is 6.33 Å². The highest BCUT2D eigenvalue weighted by atomic mass is 32.1. The summed E-state index contributed by atoms with van der Waals surface area (Å²) in [6.45, 7) is 1.48. The van der Waals surface area contributed by atoms with E-state index in [1.165, 1.54) is 6.92 Å².